The zero-order valence-electron chi connectivity index (χ0n) is 23.3. The Morgan fingerprint density at radius 3 is 1.95 bits per heavy atom. The van der Waals surface area contributed by atoms with Crippen LogP contribution in [0.2, 0.25) is 0 Å². The van der Waals surface area contributed by atoms with Crippen LogP contribution < -0.4 is 4.74 Å². The molecule has 40 heavy (non-hydrogen) atoms. The number of aromatic amines is 2. The summed E-state index contributed by atoms with van der Waals surface area (Å²) in [5, 5.41) is 0. The molecular weight excluding hydrogens is 644 g/mol. The van der Waals surface area contributed by atoms with Gasteiger partial charge in [0.05, 0.1) is 63.6 Å². The molecule has 210 valence electrons. The highest BCUT2D eigenvalue weighted by molar-refractivity contribution is 9.11. The predicted octanol–water partition coefficient (Wildman–Crippen LogP) is 6.46. The van der Waals surface area contributed by atoms with Gasteiger partial charge in [0.1, 0.15) is 5.56 Å². The van der Waals surface area contributed by atoms with E-state index in [1.165, 1.54) is 14.2 Å². The first-order chi connectivity index (χ1) is 18.8. The minimum atomic E-state index is -0.509. The third-order valence-corrected chi connectivity index (χ3v) is 9.09. The number of nitrogens with zero attached hydrogens (tertiary/aromatic N) is 2. The van der Waals surface area contributed by atoms with Crippen LogP contribution in [0.1, 0.15) is 71.2 Å². The number of carbonyl (C=O) groups excluding carboxylic acids is 2. The first kappa shape index (κ1) is 28.4. The summed E-state index contributed by atoms with van der Waals surface area (Å²) >= 11 is 7.26. The maximum atomic E-state index is 13.0. The van der Waals surface area contributed by atoms with Gasteiger partial charge in [0.15, 0.2) is 5.75 Å². The molecule has 0 saturated carbocycles. The Balaban J connectivity index is 2.02. The molecular formula is C29H30Br2N4O5. The average Bonchev–Trinajstić information content (AvgIpc) is 3.55. The van der Waals surface area contributed by atoms with E-state index < -0.39 is 11.9 Å². The lowest BCUT2D eigenvalue weighted by molar-refractivity contribution is 0.0593. The number of H-pyrrole nitrogens is 2. The van der Waals surface area contributed by atoms with Crippen LogP contribution in [-0.4, -0.2) is 53.2 Å². The third-order valence-electron chi connectivity index (χ3n) is 7.44. The lowest BCUT2D eigenvalue weighted by Crippen LogP contribution is -2.15. The Morgan fingerprint density at radius 2 is 1.32 bits per heavy atom. The van der Waals surface area contributed by atoms with Gasteiger partial charge in [-0.2, -0.15) is 0 Å². The van der Waals surface area contributed by atoms with Gasteiger partial charge in [-0.05, 0) is 50.1 Å². The minimum Gasteiger partial charge on any atom is -0.493 e. The van der Waals surface area contributed by atoms with Gasteiger partial charge in [-0.15, -0.1) is 0 Å². The van der Waals surface area contributed by atoms with Crippen molar-refractivity contribution in [2.24, 2.45) is 0 Å². The highest BCUT2D eigenvalue weighted by Gasteiger charge is 2.34. The molecule has 0 saturated heterocycles. The number of hydrogen-bond donors (Lipinski definition) is 2. The predicted molar refractivity (Wildman–Crippen MR) is 159 cm³/mol. The Kier molecular flexibility index (Phi) is 7.11. The van der Waals surface area contributed by atoms with E-state index in [1.807, 2.05) is 18.2 Å². The van der Waals surface area contributed by atoms with Crippen molar-refractivity contribution in [3.8, 4) is 5.75 Å². The van der Waals surface area contributed by atoms with Gasteiger partial charge in [0.2, 0.25) is 0 Å². The van der Waals surface area contributed by atoms with Gasteiger partial charge in [-0.25, -0.2) is 9.59 Å². The molecule has 0 fully saturated rings. The molecule has 9 nitrogen and oxygen atoms in total. The number of carbonyl (C=O) groups is 2. The number of aromatic nitrogens is 4. The van der Waals surface area contributed by atoms with Crippen molar-refractivity contribution in [1.29, 1.82) is 0 Å². The smallest absolute Gasteiger partial charge is 0.341 e. The van der Waals surface area contributed by atoms with Crippen LogP contribution >= 0.6 is 31.9 Å². The maximum absolute atomic E-state index is 13.0. The van der Waals surface area contributed by atoms with Crippen molar-refractivity contribution in [3.63, 3.8) is 0 Å². The number of ether oxygens (including phenoxy) is 3. The second-order valence-electron chi connectivity index (χ2n) is 11.2. The van der Waals surface area contributed by atoms with Gasteiger partial charge in [-0.1, -0.05) is 27.7 Å². The van der Waals surface area contributed by atoms with Gasteiger partial charge in [0.25, 0.3) is 0 Å². The molecule has 3 aromatic heterocycles. The van der Waals surface area contributed by atoms with Crippen LogP contribution in [0.25, 0.3) is 22.1 Å². The number of methoxy groups -OCH3 is 3. The maximum Gasteiger partial charge on any atom is 0.341 e. The van der Waals surface area contributed by atoms with Gasteiger partial charge >= 0.3 is 11.9 Å². The average molecular weight is 674 g/mol. The molecule has 0 atom stereocenters. The molecule has 2 N–H and O–H groups in total. The Labute approximate surface area is 248 Å². The number of nitrogens with one attached hydrogen (secondary N) is 2. The van der Waals surface area contributed by atoms with Crippen molar-refractivity contribution in [2.75, 3.05) is 21.3 Å². The highest BCUT2D eigenvalue weighted by atomic mass is 79.9. The molecule has 5 rings (SSSR count). The first-order valence-electron chi connectivity index (χ1n) is 12.7. The second kappa shape index (κ2) is 10.0. The summed E-state index contributed by atoms with van der Waals surface area (Å²) in [5.41, 5.74) is 5.46. The normalized spacial score (nSPS) is 15.5. The lowest BCUT2D eigenvalue weighted by atomic mass is 9.87. The van der Waals surface area contributed by atoms with Crippen molar-refractivity contribution in [3.05, 3.63) is 61.0 Å². The largest absolute Gasteiger partial charge is 0.493 e. The van der Waals surface area contributed by atoms with Crippen LogP contribution in [0.4, 0.5) is 0 Å². The van der Waals surface area contributed by atoms with E-state index in [9.17, 15) is 9.59 Å². The topological polar surface area (TPSA) is 119 Å². The summed E-state index contributed by atoms with van der Waals surface area (Å²) in [7, 11) is 4.27. The van der Waals surface area contributed by atoms with Gasteiger partial charge in [0, 0.05) is 40.8 Å². The Bertz CT molecular complexity index is 1740. The van der Waals surface area contributed by atoms with E-state index in [2.05, 4.69) is 69.5 Å². The van der Waals surface area contributed by atoms with Crippen molar-refractivity contribution < 1.29 is 23.8 Å². The fourth-order valence-corrected chi connectivity index (χ4v) is 6.46. The monoisotopic (exact) mass is 672 g/mol. The highest BCUT2D eigenvalue weighted by Crippen LogP contribution is 2.41. The molecule has 0 amide bonds. The van der Waals surface area contributed by atoms with E-state index in [0.717, 1.165) is 17.1 Å². The van der Waals surface area contributed by atoms with Crippen LogP contribution in [0.3, 0.4) is 0 Å². The summed E-state index contributed by atoms with van der Waals surface area (Å²) in [5.74, 6) is -0.530. The molecule has 2 aliphatic rings. The molecule has 0 radical (unpaired) electrons. The number of rotatable bonds is 3. The number of hydrogen-bond acceptors (Lipinski definition) is 7. The SMILES string of the molecule is COC(=O)c1c(Br)c2cc3nc(c(OC)c4[nH]c(cc5nc(cc1[nH]2)CC5(C)C)c(Br)c4C(=O)OC)CC3(C)C. The van der Waals surface area contributed by atoms with Crippen molar-refractivity contribution >= 4 is 65.9 Å². The van der Waals surface area contributed by atoms with Crippen LogP contribution in [-0.2, 0) is 33.1 Å². The van der Waals surface area contributed by atoms with E-state index in [0.29, 0.717) is 66.4 Å². The zero-order chi connectivity index (χ0) is 29.1. The first-order valence-corrected chi connectivity index (χ1v) is 14.3. The van der Waals surface area contributed by atoms with E-state index in [4.69, 9.17) is 24.2 Å². The minimum absolute atomic E-state index is 0.319. The fraction of sp³-hybridized carbons (Fsp3) is 0.379. The van der Waals surface area contributed by atoms with E-state index in [1.54, 1.807) is 7.11 Å². The Morgan fingerprint density at radius 1 is 0.775 bits per heavy atom. The molecule has 0 unspecified atom stereocenters. The molecule has 8 bridgehead atoms. The summed E-state index contributed by atoms with van der Waals surface area (Å²) < 4.78 is 17.3. The van der Waals surface area contributed by atoms with Crippen LogP contribution in [0.15, 0.2) is 27.1 Å². The fourth-order valence-electron chi connectivity index (χ4n) is 5.29. The molecule has 0 aromatic carbocycles. The van der Waals surface area contributed by atoms with Crippen molar-refractivity contribution in [1.82, 2.24) is 19.9 Å². The molecule has 3 aromatic rings. The second-order valence-corrected chi connectivity index (χ2v) is 12.8. The number of halogens is 2. The summed E-state index contributed by atoms with van der Waals surface area (Å²) in [6, 6.07) is 5.72. The van der Waals surface area contributed by atoms with Gasteiger partial charge < -0.3 is 24.2 Å². The van der Waals surface area contributed by atoms with Crippen molar-refractivity contribution in [2.45, 2.75) is 51.4 Å². The molecule has 5 heterocycles. The molecule has 0 spiro atoms. The van der Waals surface area contributed by atoms with E-state index >= 15 is 0 Å². The Hall–Kier alpha value is -3.18. The molecule has 11 heteroatoms. The third kappa shape index (κ3) is 4.62. The van der Waals surface area contributed by atoms with Crippen LogP contribution in [0, 0.1) is 0 Å². The number of fused-ring (bicyclic) bond motifs is 8. The van der Waals surface area contributed by atoms with Gasteiger partial charge in [-0.3, -0.25) is 9.97 Å². The lowest BCUT2D eigenvalue weighted by Gasteiger charge is -2.16. The van der Waals surface area contributed by atoms with E-state index in [-0.39, 0.29) is 10.8 Å². The number of esters is 2. The summed E-state index contributed by atoms with van der Waals surface area (Å²) in [6.07, 6.45) is 1.19. The molecule has 2 aliphatic heterocycles. The summed E-state index contributed by atoms with van der Waals surface area (Å²) in [4.78, 5) is 42.5. The standard InChI is InChI=1S/C29H30Br2N4O5/c1-28(2)11-13-8-14-20(26(36)39-6)22(30)15(33-14)9-19-29(3,4)12-17(34-19)25(38-5)24-21(27(37)40-7)23(31)16(35-24)10-18(28)32-13/h8-10,33,35H,11-12H2,1-7H3. The summed E-state index contributed by atoms with van der Waals surface area (Å²) in [6.45, 7) is 8.36. The quantitative estimate of drug-likeness (QED) is 0.306. The molecule has 0 aliphatic carbocycles. The van der Waals surface area contributed by atoms with Crippen LogP contribution in [0.5, 0.6) is 5.75 Å². The zero-order valence-corrected chi connectivity index (χ0v) is 26.5.